The van der Waals surface area contributed by atoms with E-state index >= 15 is 0 Å². The van der Waals surface area contributed by atoms with Crippen LogP contribution in [0.15, 0.2) is 36.7 Å². The number of nitrogens with one attached hydrogen (secondary N) is 3. The van der Waals surface area contributed by atoms with E-state index in [2.05, 4.69) is 20.6 Å². The lowest BCUT2D eigenvalue weighted by Gasteiger charge is -2.24. The van der Waals surface area contributed by atoms with Crippen LogP contribution in [-0.4, -0.2) is 49.4 Å². The molecule has 34 heavy (non-hydrogen) atoms. The normalized spacial score (nSPS) is 18.2. The van der Waals surface area contributed by atoms with Crippen LogP contribution in [0.1, 0.15) is 41.2 Å². The van der Waals surface area contributed by atoms with Crippen LogP contribution in [0.5, 0.6) is 11.5 Å². The van der Waals surface area contributed by atoms with Gasteiger partial charge in [0.15, 0.2) is 11.6 Å². The zero-order chi connectivity index (χ0) is 23.5. The third kappa shape index (κ3) is 4.19. The number of halogens is 1. The number of benzene rings is 1. The fourth-order valence-electron chi connectivity index (χ4n) is 4.57. The molecule has 2 aromatic heterocycles. The Morgan fingerprint density at radius 2 is 2.09 bits per heavy atom. The largest absolute Gasteiger partial charge is 0.492 e. The van der Waals surface area contributed by atoms with Crippen molar-refractivity contribution in [1.82, 2.24) is 15.3 Å². The van der Waals surface area contributed by atoms with Gasteiger partial charge in [-0.2, -0.15) is 0 Å². The van der Waals surface area contributed by atoms with E-state index in [0.717, 1.165) is 30.5 Å². The highest BCUT2D eigenvalue weighted by atomic mass is 19.1. The van der Waals surface area contributed by atoms with Crippen molar-refractivity contribution in [3.8, 4) is 22.8 Å². The average molecular weight is 467 g/mol. The maximum absolute atomic E-state index is 14.4. The molecule has 4 heterocycles. The first-order valence-electron chi connectivity index (χ1n) is 11.5. The molecule has 0 spiro atoms. The molecule has 1 aromatic carbocycles. The van der Waals surface area contributed by atoms with E-state index in [9.17, 15) is 9.18 Å². The number of hydrogen-bond donors (Lipinski definition) is 3. The molecule has 1 atom stereocenters. The number of rotatable bonds is 3. The molecule has 9 heteroatoms. The second-order valence-corrected chi connectivity index (χ2v) is 8.34. The Morgan fingerprint density at radius 1 is 1.21 bits per heavy atom. The van der Waals surface area contributed by atoms with Gasteiger partial charge in [0, 0.05) is 49.6 Å². The predicted octanol–water partition coefficient (Wildman–Crippen LogP) is 4.37. The summed E-state index contributed by atoms with van der Waals surface area (Å²) in [5.74, 6) is 0.0692. The molecule has 0 fully saturated rings. The van der Waals surface area contributed by atoms with Crippen LogP contribution < -0.4 is 20.1 Å². The molecule has 0 radical (unpaired) electrons. The van der Waals surface area contributed by atoms with Crippen molar-refractivity contribution in [2.24, 2.45) is 0 Å². The maximum Gasteiger partial charge on any atom is 0.255 e. The summed E-state index contributed by atoms with van der Waals surface area (Å²) in [5.41, 5.74) is 3.76. The Kier molecular flexibility index (Phi) is 6.35. The summed E-state index contributed by atoms with van der Waals surface area (Å²) in [6.07, 6.45) is 5.82. The zero-order valence-electron chi connectivity index (χ0n) is 18.9. The van der Waals surface area contributed by atoms with Gasteiger partial charge in [-0.15, -0.1) is 0 Å². The molecular weight excluding hydrogens is 439 g/mol. The van der Waals surface area contributed by atoms with Crippen LogP contribution >= 0.6 is 0 Å². The number of carbonyl (C=O) groups is 1. The van der Waals surface area contributed by atoms with Crippen LogP contribution in [0.25, 0.3) is 11.3 Å². The van der Waals surface area contributed by atoms with Crippen molar-refractivity contribution in [2.45, 2.75) is 25.2 Å². The first-order chi connectivity index (χ1) is 16.7. The number of anilines is 2. The van der Waals surface area contributed by atoms with E-state index in [1.807, 2.05) is 6.07 Å². The minimum atomic E-state index is -0.493. The number of fused-ring (bicyclic) bond motifs is 3. The zero-order valence-corrected chi connectivity index (χ0v) is 18.9. The van der Waals surface area contributed by atoms with Gasteiger partial charge in [-0.3, -0.25) is 9.78 Å². The van der Waals surface area contributed by atoms with Crippen LogP contribution in [0.3, 0.4) is 0 Å². The lowest BCUT2D eigenvalue weighted by molar-refractivity contribution is 0.0935. The summed E-state index contributed by atoms with van der Waals surface area (Å²) >= 11 is 0. The van der Waals surface area contributed by atoms with Gasteiger partial charge in [0.05, 0.1) is 42.5 Å². The molecule has 5 rings (SSSR count). The van der Waals surface area contributed by atoms with Crippen molar-refractivity contribution in [3.05, 3.63) is 53.7 Å². The quantitative estimate of drug-likeness (QED) is 0.530. The predicted molar refractivity (Wildman–Crippen MR) is 125 cm³/mol. The van der Waals surface area contributed by atoms with E-state index in [4.69, 9.17) is 14.2 Å². The van der Waals surface area contributed by atoms with E-state index < -0.39 is 5.82 Å². The van der Waals surface area contributed by atoms with E-state index in [0.29, 0.717) is 54.7 Å². The van der Waals surface area contributed by atoms with E-state index in [1.54, 1.807) is 24.5 Å². The van der Waals surface area contributed by atoms with E-state index in [1.165, 1.54) is 13.2 Å². The van der Waals surface area contributed by atoms with Crippen molar-refractivity contribution < 1.29 is 23.4 Å². The number of H-pyrrole nitrogens is 1. The topological polar surface area (TPSA) is 97.5 Å². The fraction of sp³-hybridized carbons (Fsp3) is 0.360. The Balaban J connectivity index is 1.69. The molecule has 1 unspecified atom stereocenters. The van der Waals surface area contributed by atoms with Gasteiger partial charge in [-0.05, 0) is 31.0 Å². The van der Waals surface area contributed by atoms with Crippen LogP contribution in [0.4, 0.5) is 15.8 Å². The van der Waals surface area contributed by atoms with Gasteiger partial charge in [-0.25, -0.2) is 4.39 Å². The number of aromatic amines is 1. The molecule has 3 N–H and O–H groups in total. The number of carbonyl (C=O) groups excluding carboxylic acids is 1. The molecule has 8 nitrogen and oxygen atoms in total. The highest BCUT2D eigenvalue weighted by Gasteiger charge is 2.33. The summed E-state index contributed by atoms with van der Waals surface area (Å²) in [6.45, 7) is 2.28. The second kappa shape index (κ2) is 9.72. The molecule has 2 aliphatic heterocycles. The first kappa shape index (κ1) is 22.2. The molecule has 0 saturated heterocycles. The Hall–Kier alpha value is -3.59. The van der Waals surface area contributed by atoms with Crippen LogP contribution in [0, 0.1) is 5.82 Å². The minimum absolute atomic E-state index is 0.0745. The molecule has 2 aliphatic rings. The maximum atomic E-state index is 14.4. The molecule has 0 saturated carbocycles. The monoisotopic (exact) mass is 466 g/mol. The highest BCUT2D eigenvalue weighted by Crippen LogP contribution is 2.44. The molecular formula is C25H27FN4O4. The Labute approximate surface area is 196 Å². The minimum Gasteiger partial charge on any atom is -0.492 e. The molecule has 1 amide bonds. The molecule has 3 aromatic rings. The number of ether oxygens (including phenoxy) is 3. The number of aromatic nitrogens is 2. The van der Waals surface area contributed by atoms with Gasteiger partial charge in [-0.1, -0.05) is 6.07 Å². The van der Waals surface area contributed by atoms with Crippen molar-refractivity contribution in [2.75, 3.05) is 38.8 Å². The average Bonchev–Trinajstić information content (AvgIpc) is 3.22. The van der Waals surface area contributed by atoms with Gasteiger partial charge in [0.25, 0.3) is 5.91 Å². The molecule has 178 valence electrons. The molecule has 2 bridgehead atoms. The number of pyridine rings is 1. The van der Waals surface area contributed by atoms with Gasteiger partial charge >= 0.3 is 0 Å². The third-order valence-electron chi connectivity index (χ3n) is 6.19. The number of para-hydroxylation sites is 1. The number of nitrogens with zero attached hydrogens (tertiary/aromatic N) is 1. The number of hydrogen-bond acceptors (Lipinski definition) is 6. The first-order valence-corrected chi connectivity index (χ1v) is 11.5. The summed E-state index contributed by atoms with van der Waals surface area (Å²) in [7, 11) is 1.41. The van der Waals surface area contributed by atoms with Gasteiger partial charge in [0.2, 0.25) is 0 Å². The number of amides is 1. The van der Waals surface area contributed by atoms with Gasteiger partial charge < -0.3 is 29.8 Å². The second-order valence-electron chi connectivity index (χ2n) is 8.34. The molecule has 0 aliphatic carbocycles. The Bertz CT molecular complexity index is 1200. The third-order valence-corrected chi connectivity index (χ3v) is 6.19. The van der Waals surface area contributed by atoms with Crippen molar-refractivity contribution in [3.63, 3.8) is 0 Å². The van der Waals surface area contributed by atoms with Crippen LogP contribution in [-0.2, 0) is 4.74 Å². The SMILES string of the molecule is COc1c(F)cccc1Nc1c2[nH]c3c1C(=O)NCC3CCCOCCCOc1cnccc1-2. The fourth-order valence-corrected chi connectivity index (χ4v) is 4.57. The lowest BCUT2D eigenvalue weighted by Crippen LogP contribution is -2.35. The van der Waals surface area contributed by atoms with Crippen LogP contribution in [0.2, 0.25) is 0 Å². The summed E-state index contributed by atoms with van der Waals surface area (Å²) in [6, 6.07) is 6.49. The smallest absolute Gasteiger partial charge is 0.255 e. The van der Waals surface area contributed by atoms with E-state index in [-0.39, 0.29) is 17.6 Å². The number of methoxy groups -OCH3 is 1. The van der Waals surface area contributed by atoms with Crippen molar-refractivity contribution >= 4 is 17.3 Å². The standard InChI is InChI=1S/C25H27FN4O4/c1-32-24-17(26)6-2-7-18(24)29-23-20-21-15(13-28-25(20)31)5-3-10-33-11-4-12-34-19-14-27-9-8-16(19)22(23)30-21/h2,6-9,14-15,29-30H,3-5,10-13H2,1H3,(H,28,31). The lowest BCUT2D eigenvalue weighted by atomic mass is 9.92. The summed E-state index contributed by atoms with van der Waals surface area (Å²) in [5, 5.41) is 6.30. The van der Waals surface area contributed by atoms with Gasteiger partial charge in [0.1, 0.15) is 5.75 Å². The summed E-state index contributed by atoms with van der Waals surface area (Å²) < 4.78 is 31.5. The van der Waals surface area contributed by atoms with Crippen molar-refractivity contribution in [1.29, 1.82) is 0 Å². The Morgan fingerprint density at radius 3 is 2.97 bits per heavy atom. The highest BCUT2D eigenvalue weighted by molar-refractivity contribution is 6.07. The summed E-state index contributed by atoms with van der Waals surface area (Å²) in [4.78, 5) is 20.8.